The molecule has 0 bridgehead atoms. The summed E-state index contributed by atoms with van der Waals surface area (Å²) in [6, 6.07) is 14.7. The first-order valence-corrected chi connectivity index (χ1v) is 6.19. The van der Waals surface area contributed by atoms with Gasteiger partial charge in [0.2, 0.25) is 0 Å². The van der Waals surface area contributed by atoms with Gasteiger partial charge >= 0.3 is 0 Å². The molecule has 0 saturated heterocycles. The summed E-state index contributed by atoms with van der Waals surface area (Å²) < 4.78 is 0. The van der Waals surface area contributed by atoms with E-state index in [4.69, 9.17) is 0 Å². The average Bonchev–Trinajstić information content (AvgIpc) is 2.34. The molecule has 0 amide bonds. The third-order valence-electron chi connectivity index (χ3n) is 3.77. The summed E-state index contributed by atoms with van der Waals surface area (Å²) >= 11 is 0. The predicted molar refractivity (Wildman–Crippen MR) is 71.2 cm³/mol. The molecular weight excluding hydrogens is 210 g/mol. The van der Waals surface area contributed by atoms with Crippen LogP contribution >= 0.6 is 0 Å². The summed E-state index contributed by atoms with van der Waals surface area (Å²) in [7, 11) is 0. The van der Waals surface area contributed by atoms with Crippen LogP contribution in [0.15, 0.2) is 42.5 Å². The first-order valence-electron chi connectivity index (χ1n) is 6.19. The lowest BCUT2D eigenvalue weighted by Gasteiger charge is -2.41. The summed E-state index contributed by atoms with van der Waals surface area (Å²) in [4.78, 5) is 0. The number of rotatable bonds is 3. The molecular formula is C15H17NO. The summed E-state index contributed by atoms with van der Waals surface area (Å²) in [5.74, 6) is 0. The fraction of sp³-hybridized carbons (Fsp3) is 0.333. The monoisotopic (exact) mass is 227 g/mol. The largest absolute Gasteiger partial charge is 0.394 e. The predicted octanol–water partition coefficient (Wildman–Crippen LogP) is 3.17. The molecule has 88 valence electrons. The van der Waals surface area contributed by atoms with E-state index in [1.807, 2.05) is 0 Å². The Labute approximate surface area is 101 Å². The van der Waals surface area contributed by atoms with Gasteiger partial charge in [0, 0.05) is 5.69 Å². The van der Waals surface area contributed by atoms with Gasteiger partial charge in [-0.3, -0.25) is 0 Å². The highest BCUT2D eigenvalue weighted by Gasteiger charge is 2.35. The maximum atomic E-state index is 9.45. The zero-order valence-electron chi connectivity index (χ0n) is 9.82. The molecule has 1 aliphatic carbocycles. The van der Waals surface area contributed by atoms with Crippen LogP contribution in [0, 0.1) is 0 Å². The molecule has 0 unspecified atom stereocenters. The Kier molecular flexibility index (Phi) is 2.52. The molecule has 0 aromatic heterocycles. The molecule has 0 aliphatic heterocycles. The Morgan fingerprint density at radius 3 is 2.47 bits per heavy atom. The highest BCUT2D eigenvalue weighted by molar-refractivity contribution is 5.85. The smallest absolute Gasteiger partial charge is 0.0661 e. The Bertz CT molecular complexity index is 526. The van der Waals surface area contributed by atoms with Gasteiger partial charge in [-0.15, -0.1) is 0 Å². The second-order valence-corrected chi connectivity index (χ2v) is 4.98. The molecule has 3 rings (SSSR count). The van der Waals surface area contributed by atoms with Crippen molar-refractivity contribution in [1.29, 1.82) is 0 Å². The van der Waals surface area contributed by atoms with Gasteiger partial charge in [-0.1, -0.05) is 30.3 Å². The van der Waals surface area contributed by atoms with Crippen molar-refractivity contribution in [2.75, 3.05) is 11.9 Å². The Morgan fingerprint density at radius 2 is 1.82 bits per heavy atom. The summed E-state index contributed by atoms with van der Waals surface area (Å²) in [6.45, 7) is 0.222. The average molecular weight is 227 g/mol. The van der Waals surface area contributed by atoms with Gasteiger partial charge in [0.05, 0.1) is 12.1 Å². The Balaban J connectivity index is 1.90. The van der Waals surface area contributed by atoms with Crippen molar-refractivity contribution < 1.29 is 5.11 Å². The van der Waals surface area contributed by atoms with Gasteiger partial charge in [-0.25, -0.2) is 0 Å². The van der Waals surface area contributed by atoms with Crippen LogP contribution in [0.2, 0.25) is 0 Å². The van der Waals surface area contributed by atoms with Gasteiger partial charge in [-0.05, 0) is 42.2 Å². The topological polar surface area (TPSA) is 32.3 Å². The quantitative estimate of drug-likeness (QED) is 0.844. The standard InChI is InChI=1S/C15H17NO/c17-11-15(8-3-9-15)16-14-7-6-12-4-1-2-5-13(12)10-14/h1-2,4-7,10,16-17H,3,8-9,11H2. The molecule has 0 radical (unpaired) electrons. The number of fused-ring (bicyclic) bond motifs is 1. The summed E-state index contributed by atoms with van der Waals surface area (Å²) in [5, 5.41) is 15.4. The highest BCUT2D eigenvalue weighted by atomic mass is 16.3. The first kappa shape index (κ1) is 10.6. The van der Waals surface area contributed by atoms with Gasteiger partial charge < -0.3 is 10.4 Å². The number of aliphatic hydroxyl groups excluding tert-OH is 1. The van der Waals surface area contributed by atoms with E-state index >= 15 is 0 Å². The number of aliphatic hydroxyl groups is 1. The van der Waals surface area contributed by atoms with Crippen LogP contribution in [0.1, 0.15) is 19.3 Å². The van der Waals surface area contributed by atoms with E-state index in [0.717, 1.165) is 18.5 Å². The van der Waals surface area contributed by atoms with E-state index in [-0.39, 0.29) is 12.1 Å². The van der Waals surface area contributed by atoms with Crippen molar-refractivity contribution in [3.05, 3.63) is 42.5 Å². The number of anilines is 1. The lowest BCUT2D eigenvalue weighted by molar-refractivity contribution is 0.144. The van der Waals surface area contributed by atoms with E-state index in [0.29, 0.717) is 0 Å². The molecule has 17 heavy (non-hydrogen) atoms. The van der Waals surface area contributed by atoms with Crippen LogP contribution in [0.5, 0.6) is 0 Å². The van der Waals surface area contributed by atoms with Crippen molar-refractivity contribution in [2.24, 2.45) is 0 Å². The summed E-state index contributed by atoms with van der Waals surface area (Å²) in [6.07, 6.45) is 3.34. The number of hydrogen-bond donors (Lipinski definition) is 2. The van der Waals surface area contributed by atoms with E-state index < -0.39 is 0 Å². The van der Waals surface area contributed by atoms with Crippen LogP contribution in [-0.4, -0.2) is 17.3 Å². The van der Waals surface area contributed by atoms with E-state index in [9.17, 15) is 5.11 Å². The van der Waals surface area contributed by atoms with Gasteiger partial charge in [0.25, 0.3) is 0 Å². The molecule has 1 aliphatic rings. The van der Waals surface area contributed by atoms with Crippen molar-refractivity contribution in [2.45, 2.75) is 24.8 Å². The van der Waals surface area contributed by atoms with Crippen molar-refractivity contribution in [1.82, 2.24) is 0 Å². The second-order valence-electron chi connectivity index (χ2n) is 4.98. The molecule has 2 N–H and O–H groups in total. The van der Waals surface area contributed by atoms with Crippen LogP contribution in [-0.2, 0) is 0 Å². The Morgan fingerprint density at radius 1 is 1.06 bits per heavy atom. The molecule has 1 fully saturated rings. The van der Waals surface area contributed by atoms with Gasteiger partial charge in [0.15, 0.2) is 0 Å². The zero-order valence-corrected chi connectivity index (χ0v) is 9.82. The summed E-state index contributed by atoms with van der Waals surface area (Å²) in [5.41, 5.74) is 1.04. The lowest BCUT2D eigenvalue weighted by Crippen LogP contribution is -2.48. The molecule has 2 heteroatoms. The third-order valence-corrected chi connectivity index (χ3v) is 3.77. The first-order chi connectivity index (χ1) is 8.31. The number of nitrogens with one attached hydrogen (secondary N) is 1. The molecule has 0 atom stereocenters. The van der Waals surface area contributed by atoms with E-state index in [1.165, 1.54) is 17.2 Å². The van der Waals surface area contributed by atoms with Crippen LogP contribution in [0.4, 0.5) is 5.69 Å². The lowest BCUT2D eigenvalue weighted by atomic mass is 9.77. The molecule has 2 aromatic rings. The van der Waals surface area contributed by atoms with Crippen molar-refractivity contribution >= 4 is 16.5 Å². The second kappa shape index (κ2) is 4.04. The number of benzene rings is 2. The molecule has 1 saturated carbocycles. The van der Waals surface area contributed by atoms with E-state index in [1.54, 1.807) is 0 Å². The molecule has 0 heterocycles. The fourth-order valence-electron chi connectivity index (χ4n) is 2.50. The van der Waals surface area contributed by atoms with Gasteiger partial charge in [-0.2, -0.15) is 0 Å². The van der Waals surface area contributed by atoms with Crippen LogP contribution < -0.4 is 5.32 Å². The van der Waals surface area contributed by atoms with Crippen molar-refractivity contribution in [3.8, 4) is 0 Å². The molecule has 0 spiro atoms. The minimum Gasteiger partial charge on any atom is -0.394 e. The number of hydrogen-bond acceptors (Lipinski definition) is 2. The van der Waals surface area contributed by atoms with Crippen molar-refractivity contribution in [3.63, 3.8) is 0 Å². The molecule has 2 nitrogen and oxygen atoms in total. The minimum absolute atomic E-state index is 0.0670. The van der Waals surface area contributed by atoms with Crippen LogP contribution in [0.25, 0.3) is 10.8 Å². The normalized spacial score (nSPS) is 17.7. The van der Waals surface area contributed by atoms with Gasteiger partial charge in [0.1, 0.15) is 0 Å². The highest BCUT2D eigenvalue weighted by Crippen LogP contribution is 2.35. The third kappa shape index (κ3) is 1.89. The zero-order chi connectivity index (χ0) is 11.7. The maximum Gasteiger partial charge on any atom is 0.0661 e. The molecule has 2 aromatic carbocycles. The minimum atomic E-state index is -0.0670. The van der Waals surface area contributed by atoms with Crippen LogP contribution in [0.3, 0.4) is 0 Å². The SMILES string of the molecule is OCC1(Nc2ccc3ccccc3c2)CCC1. The fourth-order valence-corrected chi connectivity index (χ4v) is 2.50. The van der Waals surface area contributed by atoms with E-state index in [2.05, 4.69) is 47.8 Å². The maximum absolute atomic E-state index is 9.45. The Hall–Kier alpha value is -1.54.